The molecule has 0 spiro atoms. The van der Waals surface area contributed by atoms with E-state index in [0.717, 1.165) is 17.2 Å². The van der Waals surface area contributed by atoms with Gasteiger partial charge in [-0.1, -0.05) is 40.5 Å². The van der Waals surface area contributed by atoms with Crippen LogP contribution in [0.1, 0.15) is 39.9 Å². The van der Waals surface area contributed by atoms with Crippen molar-refractivity contribution in [1.29, 1.82) is 0 Å². The van der Waals surface area contributed by atoms with Crippen molar-refractivity contribution >= 4 is 40.6 Å². The van der Waals surface area contributed by atoms with Crippen molar-refractivity contribution in [3.8, 4) is 0 Å². The van der Waals surface area contributed by atoms with Gasteiger partial charge in [-0.25, -0.2) is 5.06 Å². The molecule has 11 heteroatoms. The summed E-state index contributed by atoms with van der Waals surface area (Å²) in [6.07, 6.45) is -5.43. The van der Waals surface area contributed by atoms with Gasteiger partial charge in [-0.2, -0.15) is 13.2 Å². The minimum Gasteiger partial charge on any atom is -0.374 e. The first-order valence-electron chi connectivity index (χ1n) is 10.2. The summed E-state index contributed by atoms with van der Waals surface area (Å²) in [5, 5.41) is 4.92. The fraction of sp³-hybridized carbons (Fsp3) is 0.348. The molecule has 0 saturated carbocycles. The molecule has 2 aromatic carbocycles. The first-order valence-corrected chi connectivity index (χ1v) is 11.0. The number of hydrogen-bond acceptors (Lipinski definition) is 5. The van der Waals surface area contributed by atoms with Crippen LogP contribution in [0.4, 0.5) is 13.2 Å². The van der Waals surface area contributed by atoms with E-state index >= 15 is 0 Å². The van der Waals surface area contributed by atoms with Gasteiger partial charge < -0.3 is 4.84 Å². The number of oxime groups is 1. The Bertz CT molecular complexity index is 1180. The molecule has 2 heterocycles. The molecule has 0 aliphatic carbocycles. The van der Waals surface area contributed by atoms with Crippen molar-refractivity contribution in [3.63, 3.8) is 0 Å². The molecule has 6 nitrogen and oxygen atoms in total. The molecule has 0 bridgehead atoms. The lowest BCUT2D eigenvalue weighted by atomic mass is 9.86. The molecule has 0 N–H and O–H groups in total. The fourth-order valence-corrected chi connectivity index (χ4v) is 4.60. The lowest BCUT2D eigenvalue weighted by Gasteiger charge is -2.29. The van der Waals surface area contributed by atoms with Gasteiger partial charge in [0.2, 0.25) is 0 Å². The SMILES string of the molecule is Cc1cc(C2=NOC(c3cc(Cl)cc(Cl)c3)(C(F)(F)F)C2)ccc1C(=O)C[C@@H]1CON(C)C1=O. The predicted octanol–water partition coefficient (Wildman–Crippen LogP) is 5.48. The van der Waals surface area contributed by atoms with Crippen molar-refractivity contribution in [2.45, 2.75) is 31.5 Å². The largest absolute Gasteiger partial charge is 0.435 e. The average Bonchev–Trinajstić information content (AvgIpc) is 3.33. The van der Waals surface area contributed by atoms with Gasteiger partial charge in [-0.15, -0.1) is 0 Å². The Balaban J connectivity index is 1.58. The fourth-order valence-electron chi connectivity index (χ4n) is 4.08. The Hall–Kier alpha value is -2.62. The van der Waals surface area contributed by atoms with Crippen LogP contribution in [0.3, 0.4) is 0 Å². The van der Waals surface area contributed by atoms with Gasteiger partial charge in [-0.05, 0) is 42.3 Å². The molecular weight excluding hydrogens is 496 g/mol. The Morgan fingerprint density at radius 3 is 2.44 bits per heavy atom. The van der Waals surface area contributed by atoms with Gasteiger partial charge in [0.05, 0.1) is 18.2 Å². The van der Waals surface area contributed by atoms with E-state index in [-0.39, 0.29) is 46.0 Å². The van der Waals surface area contributed by atoms with Gasteiger partial charge in [0.15, 0.2) is 5.78 Å². The zero-order valence-corrected chi connectivity index (χ0v) is 19.6. The van der Waals surface area contributed by atoms with Gasteiger partial charge in [0, 0.05) is 41.1 Å². The third-order valence-corrected chi connectivity index (χ3v) is 6.37. The van der Waals surface area contributed by atoms with Crippen molar-refractivity contribution < 1.29 is 32.4 Å². The minimum atomic E-state index is -4.81. The van der Waals surface area contributed by atoms with Crippen LogP contribution in [0, 0.1) is 12.8 Å². The molecule has 1 unspecified atom stereocenters. The second-order valence-electron chi connectivity index (χ2n) is 8.27. The van der Waals surface area contributed by atoms with Crippen molar-refractivity contribution in [1.82, 2.24) is 5.06 Å². The topological polar surface area (TPSA) is 68.2 Å². The first-order chi connectivity index (χ1) is 15.9. The van der Waals surface area contributed by atoms with E-state index in [2.05, 4.69) is 5.16 Å². The number of hydroxylamine groups is 2. The lowest BCUT2D eigenvalue weighted by molar-refractivity contribution is -0.275. The summed E-state index contributed by atoms with van der Waals surface area (Å²) < 4.78 is 42.6. The molecule has 4 rings (SSSR count). The van der Waals surface area contributed by atoms with Gasteiger partial charge in [0.25, 0.3) is 11.5 Å². The maximum absolute atomic E-state index is 14.2. The number of carbonyl (C=O) groups is 2. The predicted molar refractivity (Wildman–Crippen MR) is 119 cm³/mol. The molecule has 1 saturated heterocycles. The van der Waals surface area contributed by atoms with Crippen LogP contribution in [0.25, 0.3) is 0 Å². The number of amides is 1. The summed E-state index contributed by atoms with van der Waals surface area (Å²) >= 11 is 11.9. The summed E-state index contributed by atoms with van der Waals surface area (Å²) in [7, 11) is 1.48. The number of benzene rings is 2. The number of Topliss-reactive ketones (excluding diaryl/α,β-unsaturated/α-hetero) is 1. The number of alkyl halides is 3. The standard InChI is InChI=1S/C23H19Cl2F3N2O4/c1-12-5-13(3-4-18(12)20(31)6-14-11-33-30(2)21(14)32)19-10-22(34-29-19,23(26,27)28)15-7-16(24)9-17(25)8-15/h3-5,7-9,14H,6,10-11H2,1-2H3/t14-,22?/m1/s1. The maximum atomic E-state index is 14.2. The number of halogens is 5. The third kappa shape index (κ3) is 4.39. The summed E-state index contributed by atoms with van der Waals surface area (Å²) in [4.78, 5) is 34.9. The van der Waals surface area contributed by atoms with E-state index in [1.54, 1.807) is 13.0 Å². The second kappa shape index (κ2) is 8.87. The second-order valence-corrected chi connectivity index (χ2v) is 9.15. The van der Waals surface area contributed by atoms with E-state index in [9.17, 15) is 22.8 Å². The molecule has 0 aromatic heterocycles. The molecule has 1 fully saturated rings. The number of hydrogen-bond donors (Lipinski definition) is 0. The smallest absolute Gasteiger partial charge is 0.374 e. The van der Waals surface area contributed by atoms with Crippen LogP contribution in [-0.2, 0) is 20.1 Å². The van der Waals surface area contributed by atoms with E-state index in [1.807, 2.05) is 0 Å². The van der Waals surface area contributed by atoms with Crippen LogP contribution in [-0.4, -0.2) is 42.3 Å². The monoisotopic (exact) mass is 514 g/mol. The van der Waals surface area contributed by atoms with Crippen molar-refractivity contribution in [3.05, 3.63) is 68.7 Å². The summed E-state index contributed by atoms with van der Waals surface area (Å²) in [5.74, 6) is -1.10. The highest BCUT2D eigenvalue weighted by Gasteiger charge is 2.62. The van der Waals surface area contributed by atoms with Gasteiger partial charge >= 0.3 is 6.18 Å². The van der Waals surface area contributed by atoms with E-state index in [4.69, 9.17) is 32.9 Å². The molecule has 34 heavy (non-hydrogen) atoms. The number of aryl methyl sites for hydroxylation is 1. The molecule has 0 radical (unpaired) electrons. The van der Waals surface area contributed by atoms with Crippen molar-refractivity contribution in [2.24, 2.45) is 11.1 Å². The van der Waals surface area contributed by atoms with Crippen LogP contribution < -0.4 is 0 Å². The number of nitrogens with zero attached hydrogens (tertiary/aromatic N) is 2. The zero-order valence-electron chi connectivity index (χ0n) is 18.1. The molecule has 2 aromatic rings. The van der Waals surface area contributed by atoms with Crippen LogP contribution in [0.5, 0.6) is 0 Å². The number of rotatable bonds is 5. The Labute approximate surface area is 203 Å². The molecule has 2 atom stereocenters. The highest BCUT2D eigenvalue weighted by molar-refractivity contribution is 6.34. The van der Waals surface area contributed by atoms with Gasteiger partial charge in [-0.3, -0.25) is 14.4 Å². The highest BCUT2D eigenvalue weighted by Crippen LogP contribution is 2.49. The zero-order chi connectivity index (χ0) is 24.8. The van der Waals surface area contributed by atoms with Crippen LogP contribution in [0.2, 0.25) is 10.0 Å². The number of ketones is 1. The summed E-state index contributed by atoms with van der Waals surface area (Å²) in [6.45, 7) is 1.79. The average molecular weight is 515 g/mol. The van der Waals surface area contributed by atoms with E-state index in [0.29, 0.717) is 16.7 Å². The first kappa shape index (κ1) is 24.5. The molecule has 180 valence electrons. The Kier molecular flexibility index (Phi) is 6.39. The summed E-state index contributed by atoms with van der Waals surface area (Å²) in [6, 6.07) is 8.24. The maximum Gasteiger partial charge on any atom is 0.435 e. The Morgan fingerprint density at radius 2 is 1.88 bits per heavy atom. The Morgan fingerprint density at radius 1 is 1.21 bits per heavy atom. The van der Waals surface area contributed by atoms with E-state index < -0.39 is 24.1 Å². The highest BCUT2D eigenvalue weighted by atomic mass is 35.5. The van der Waals surface area contributed by atoms with Crippen molar-refractivity contribution in [2.75, 3.05) is 13.7 Å². The van der Waals surface area contributed by atoms with Crippen LogP contribution >= 0.6 is 23.2 Å². The van der Waals surface area contributed by atoms with E-state index in [1.165, 1.54) is 25.2 Å². The minimum absolute atomic E-state index is 0.0277. The normalized spacial score (nSPS) is 22.7. The van der Waals surface area contributed by atoms with Gasteiger partial charge in [0.1, 0.15) is 0 Å². The molecule has 2 aliphatic heterocycles. The third-order valence-electron chi connectivity index (χ3n) is 5.94. The molecular formula is C23H19Cl2F3N2O4. The quantitative estimate of drug-likeness (QED) is 0.495. The molecule has 2 aliphatic rings. The lowest BCUT2D eigenvalue weighted by Crippen LogP contribution is -2.42. The van der Waals surface area contributed by atoms with Crippen LogP contribution in [0.15, 0.2) is 41.6 Å². The number of carbonyl (C=O) groups excluding carboxylic acids is 2. The molecule has 1 amide bonds. The summed E-state index contributed by atoms with van der Waals surface area (Å²) in [5.41, 5.74) is -1.64.